The second kappa shape index (κ2) is 2.92. The van der Waals surface area contributed by atoms with E-state index in [2.05, 4.69) is 15.3 Å². The second-order valence-corrected chi connectivity index (χ2v) is 3.92. The first-order valence-electron chi connectivity index (χ1n) is 5.02. The summed E-state index contributed by atoms with van der Waals surface area (Å²) in [6.07, 6.45) is 2.59. The number of carbonyl (C=O) groups is 1. The van der Waals surface area contributed by atoms with E-state index in [1.54, 1.807) is 7.11 Å². The Balaban J connectivity index is 2.09. The van der Waals surface area contributed by atoms with Crippen LogP contribution in [-0.4, -0.2) is 23.0 Å². The second-order valence-electron chi connectivity index (χ2n) is 3.92. The van der Waals surface area contributed by atoms with E-state index in [9.17, 15) is 4.79 Å². The van der Waals surface area contributed by atoms with Crippen LogP contribution in [0.4, 0.5) is 5.82 Å². The predicted molar refractivity (Wildman–Crippen MR) is 52.9 cm³/mol. The molecule has 5 heteroatoms. The highest BCUT2D eigenvalue weighted by Gasteiger charge is 2.31. The lowest BCUT2D eigenvalue weighted by atomic mass is 10.2. The topological polar surface area (TPSA) is 64.1 Å². The van der Waals surface area contributed by atoms with Crippen molar-refractivity contribution in [3.8, 4) is 5.88 Å². The van der Waals surface area contributed by atoms with E-state index < -0.39 is 0 Å². The first kappa shape index (κ1) is 8.64. The number of nitrogens with zero attached hydrogens (tertiary/aromatic N) is 2. The van der Waals surface area contributed by atoms with Crippen molar-refractivity contribution in [2.24, 2.45) is 0 Å². The molecule has 1 fully saturated rings. The highest BCUT2D eigenvalue weighted by molar-refractivity contribution is 5.98. The molecule has 5 nitrogen and oxygen atoms in total. The molecule has 2 heterocycles. The van der Waals surface area contributed by atoms with Crippen LogP contribution in [0, 0.1) is 0 Å². The van der Waals surface area contributed by atoms with Crippen LogP contribution in [0.25, 0.3) is 0 Å². The maximum atomic E-state index is 11.2. The summed E-state index contributed by atoms with van der Waals surface area (Å²) in [4.78, 5) is 19.9. The minimum absolute atomic E-state index is 0.0365. The Hall–Kier alpha value is -1.65. The van der Waals surface area contributed by atoms with Gasteiger partial charge in [0.2, 0.25) is 11.8 Å². The van der Waals surface area contributed by atoms with Crippen molar-refractivity contribution in [2.75, 3.05) is 12.4 Å². The summed E-state index contributed by atoms with van der Waals surface area (Å²) in [7, 11) is 1.57. The van der Waals surface area contributed by atoms with Gasteiger partial charge in [-0.3, -0.25) is 4.79 Å². The molecule has 0 bridgehead atoms. The van der Waals surface area contributed by atoms with E-state index in [-0.39, 0.29) is 5.91 Å². The molecular formula is C10H11N3O2. The van der Waals surface area contributed by atoms with Crippen LogP contribution in [0.2, 0.25) is 0 Å². The number of hydrogen-bond acceptors (Lipinski definition) is 4. The van der Waals surface area contributed by atoms with Crippen molar-refractivity contribution in [3.63, 3.8) is 0 Å². The van der Waals surface area contributed by atoms with Crippen LogP contribution in [-0.2, 0) is 11.2 Å². The molecule has 0 atom stereocenters. The van der Waals surface area contributed by atoms with Gasteiger partial charge < -0.3 is 10.1 Å². The lowest BCUT2D eigenvalue weighted by Crippen LogP contribution is -2.05. The Kier molecular flexibility index (Phi) is 1.68. The van der Waals surface area contributed by atoms with E-state index >= 15 is 0 Å². The van der Waals surface area contributed by atoms with Crippen LogP contribution < -0.4 is 10.1 Å². The largest absolute Gasteiger partial charge is 0.481 e. The van der Waals surface area contributed by atoms with Gasteiger partial charge in [-0.2, -0.15) is 4.98 Å². The fourth-order valence-electron chi connectivity index (χ4n) is 1.77. The molecule has 78 valence electrons. The number of amides is 1. The Morgan fingerprint density at radius 3 is 2.87 bits per heavy atom. The van der Waals surface area contributed by atoms with Crippen molar-refractivity contribution < 1.29 is 9.53 Å². The zero-order valence-electron chi connectivity index (χ0n) is 8.41. The summed E-state index contributed by atoms with van der Waals surface area (Å²) in [6, 6.07) is 0. The van der Waals surface area contributed by atoms with Gasteiger partial charge in [-0.1, -0.05) is 0 Å². The molecule has 1 aromatic heterocycles. The number of methoxy groups -OCH3 is 1. The smallest absolute Gasteiger partial charge is 0.230 e. The molecule has 15 heavy (non-hydrogen) atoms. The van der Waals surface area contributed by atoms with Crippen LogP contribution in [0.5, 0.6) is 5.88 Å². The van der Waals surface area contributed by atoms with Gasteiger partial charge in [-0.25, -0.2) is 4.98 Å². The SMILES string of the molecule is COc1nc(C2CC2)nc2c1CC(=O)N2. The molecular weight excluding hydrogens is 194 g/mol. The highest BCUT2D eigenvalue weighted by Crippen LogP contribution is 2.40. The standard InChI is InChI=1S/C10H11N3O2/c1-15-10-6-4-7(14)11-9(6)12-8(13-10)5-2-3-5/h5H,2-4H2,1H3,(H,11,12,13,14). The van der Waals surface area contributed by atoms with Gasteiger partial charge >= 0.3 is 0 Å². The molecule has 0 radical (unpaired) electrons. The molecule has 1 saturated carbocycles. The van der Waals surface area contributed by atoms with Gasteiger partial charge in [0.15, 0.2) is 0 Å². The van der Waals surface area contributed by atoms with Crippen LogP contribution >= 0.6 is 0 Å². The van der Waals surface area contributed by atoms with E-state index in [4.69, 9.17) is 4.74 Å². The van der Waals surface area contributed by atoms with Gasteiger partial charge in [-0.15, -0.1) is 0 Å². The summed E-state index contributed by atoms with van der Waals surface area (Å²) < 4.78 is 5.18. The third-order valence-electron chi connectivity index (χ3n) is 2.72. The van der Waals surface area contributed by atoms with Gasteiger partial charge in [-0.05, 0) is 12.8 Å². The summed E-state index contributed by atoms with van der Waals surface area (Å²) >= 11 is 0. The van der Waals surface area contributed by atoms with E-state index in [1.165, 1.54) is 0 Å². The molecule has 2 aliphatic rings. The predicted octanol–water partition coefficient (Wildman–Crippen LogP) is 0.857. The van der Waals surface area contributed by atoms with Crippen molar-refractivity contribution in [3.05, 3.63) is 11.4 Å². The normalized spacial score (nSPS) is 18.6. The number of fused-ring (bicyclic) bond motifs is 1. The average molecular weight is 205 g/mol. The number of carbonyl (C=O) groups excluding carboxylic acids is 1. The lowest BCUT2D eigenvalue weighted by Gasteiger charge is -2.06. The summed E-state index contributed by atoms with van der Waals surface area (Å²) in [5, 5.41) is 2.73. The van der Waals surface area contributed by atoms with Crippen molar-refractivity contribution in [1.29, 1.82) is 0 Å². The number of hydrogen-bond donors (Lipinski definition) is 1. The zero-order chi connectivity index (χ0) is 10.4. The fourth-order valence-corrected chi connectivity index (χ4v) is 1.77. The molecule has 1 aliphatic carbocycles. The maximum absolute atomic E-state index is 11.2. The van der Waals surface area contributed by atoms with Crippen LogP contribution in [0.15, 0.2) is 0 Å². The van der Waals surface area contributed by atoms with E-state index in [0.29, 0.717) is 24.0 Å². The molecule has 0 unspecified atom stereocenters. The minimum Gasteiger partial charge on any atom is -0.481 e. The monoisotopic (exact) mass is 205 g/mol. The molecule has 1 N–H and O–H groups in total. The number of aromatic nitrogens is 2. The molecule has 3 rings (SSSR count). The van der Waals surface area contributed by atoms with Gasteiger partial charge in [0.25, 0.3) is 0 Å². The summed E-state index contributed by atoms with van der Waals surface area (Å²) in [6.45, 7) is 0. The fraction of sp³-hybridized carbons (Fsp3) is 0.500. The number of anilines is 1. The highest BCUT2D eigenvalue weighted by atomic mass is 16.5. The number of nitrogens with one attached hydrogen (secondary N) is 1. The quantitative estimate of drug-likeness (QED) is 0.777. The van der Waals surface area contributed by atoms with Gasteiger partial charge in [0.05, 0.1) is 19.1 Å². The Morgan fingerprint density at radius 1 is 1.40 bits per heavy atom. The third-order valence-corrected chi connectivity index (χ3v) is 2.72. The minimum atomic E-state index is -0.0365. The molecule has 0 aromatic carbocycles. The summed E-state index contributed by atoms with van der Waals surface area (Å²) in [5.74, 6) is 2.40. The van der Waals surface area contributed by atoms with Gasteiger partial charge in [0, 0.05) is 5.92 Å². The van der Waals surface area contributed by atoms with Crippen molar-refractivity contribution in [2.45, 2.75) is 25.2 Å². The first-order valence-corrected chi connectivity index (χ1v) is 5.02. The molecule has 0 saturated heterocycles. The average Bonchev–Trinajstić information content (AvgIpc) is 2.99. The molecule has 1 aromatic rings. The maximum Gasteiger partial charge on any atom is 0.230 e. The molecule has 1 amide bonds. The third kappa shape index (κ3) is 1.35. The van der Waals surface area contributed by atoms with E-state index in [0.717, 1.165) is 24.2 Å². The zero-order valence-corrected chi connectivity index (χ0v) is 8.41. The van der Waals surface area contributed by atoms with Crippen LogP contribution in [0.3, 0.4) is 0 Å². The molecule has 0 spiro atoms. The Bertz CT molecular complexity index is 441. The van der Waals surface area contributed by atoms with Crippen molar-refractivity contribution in [1.82, 2.24) is 9.97 Å². The van der Waals surface area contributed by atoms with Crippen LogP contribution in [0.1, 0.15) is 30.1 Å². The lowest BCUT2D eigenvalue weighted by molar-refractivity contribution is -0.115. The van der Waals surface area contributed by atoms with Gasteiger partial charge in [0.1, 0.15) is 11.6 Å². The summed E-state index contributed by atoms with van der Waals surface area (Å²) in [5.41, 5.74) is 0.784. The number of ether oxygens (including phenoxy) is 1. The molecule has 1 aliphatic heterocycles. The van der Waals surface area contributed by atoms with Crippen molar-refractivity contribution >= 4 is 11.7 Å². The number of rotatable bonds is 2. The Labute approximate surface area is 86.9 Å². The van der Waals surface area contributed by atoms with E-state index in [1.807, 2.05) is 0 Å². The Morgan fingerprint density at radius 2 is 2.20 bits per heavy atom. The first-order chi connectivity index (χ1) is 7.28.